The Morgan fingerprint density at radius 1 is 1.58 bits per heavy atom. The van der Waals surface area contributed by atoms with Gasteiger partial charge in [0.25, 0.3) is 0 Å². The minimum Gasteiger partial charge on any atom is -0.389 e. The van der Waals surface area contributed by atoms with Gasteiger partial charge >= 0.3 is 7.82 Å². The molecule has 0 radical (unpaired) electrons. The van der Waals surface area contributed by atoms with E-state index in [1.807, 2.05) is 0 Å². The Kier molecular flexibility index (Phi) is 4.60. The first kappa shape index (κ1) is 18.0. The van der Waals surface area contributed by atoms with E-state index in [1.165, 1.54) is 13.3 Å². The van der Waals surface area contributed by atoms with Gasteiger partial charge in [-0.1, -0.05) is 0 Å². The van der Waals surface area contributed by atoms with Gasteiger partial charge in [-0.25, -0.2) is 14.5 Å². The molecule has 24 heavy (non-hydrogen) atoms. The maximum Gasteiger partial charge on any atom is 0.469 e. The van der Waals surface area contributed by atoms with Gasteiger partial charge < -0.3 is 29.6 Å². The summed E-state index contributed by atoms with van der Waals surface area (Å²) in [5, 5.41) is 19.7. The molecule has 0 bridgehead atoms. The van der Waals surface area contributed by atoms with Crippen molar-refractivity contribution in [1.82, 2.24) is 4.90 Å². The molecule has 1 fully saturated rings. The summed E-state index contributed by atoms with van der Waals surface area (Å²) in [7, 11) is -4.68. The van der Waals surface area contributed by atoms with Crippen LogP contribution in [0, 0.1) is 0 Å². The van der Waals surface area contributed by atoms with Crippen LogP contribution < -0.4 is 0 Å². The number of fused-ring (bicyclic) bond motifs is 1. The topological polar surface area (TPSA) is 157 Å². The van der Waals surface area contributed by atoms with Crippen molar-refractivity contribution in [3.05, 3.63) is 0 Å². The molecule has 4 N–H and O–H groups in total. The Balaban J connectivity index is 1.74. The highest BCUT2D eigenvalue weighted by molar-refractivity contribution is 7.81. The largest absolute Gasteiger partial charge is 0.469 e. The second kappa shape index (κ2) is 6.15. The standard InChI is InChI=1S/C11H17N4O7PS/c1-11(17)8-9(12-3-14-11)15(4-13-8)10-7(24)6(16)5(22-10)2-21-23(18,19)20/h3,5-7,10,16-17,24H,2,4H2,1H3,(H2,18,19,20)/t5-,6-,7-,10-,11?/m1/s1. The number of nitrogens with zero attached hydrogens (tertiary/aromatic N) is 4. The zero-order chi connectivity index (χ0) is 17.7. The Morgan fingerprint density at radius 2 is 2.29 bits per heavy atom. The molecule has 0 amide bonds. The lowest BCUT2D eigenvalue weighted by Crippen LogP contribution is -2.49. The van der Waals surface area contributed by atoms with Crippen LogP contribution in [0.1, 0.15) is 6.92 Å². The number of aliphatic hydroxyl groups excluding tert-OH is 1. The van der Waals surface area contributed by atoms with Crippen molar-refractivity contribution in [2.45, 2.75) is 36.3 Å². The summed E-state index contributed by atoms with van der Waals surface area (Å²) < 4.78 is 20.8. The van der Waals surface area contributed by atoms with Crippen molar-refractivity contribution in [3.63, 3.8) is 0 Å². The summed E-state index contributed by atoms with van der Waals surface area (Å²) in [6, 6.07) is 0. The first-order valence-electron chi connectivity index (χ1n) is 6.97. The first-order chi connectivity index (χ1) is 11.1. The van der Waals surface area contributed by atoms with Crippen molar-refractivity contribution in [2.75, 3.05) is 13.3 Å². The number of hydrogen-bond donors (Lipinski definition) is 5. The van der Waals surface area contributed by atoms with Gasteiger partial charge in [0.2, 0.25) is 5.72 Å². The summed E-state index contributed by atoms with van der Waals surface area (Å²) in [6.07, 6.45) is -1.66. The molecule has 3 heterocycles. The number of aliphatic imine (C=N–C) groups is 3. The van der Waals surface area contributed by atoms with Crippen LogP contribution in [0.4, 0.5) is 0 Å². The van der Waals surface area contributed by atoms with Crippen LogP contribution in [0.15, 0.2) is 15.0 Å². The van der Waals surface area contributed by atoms with Crippen LogP contribution in [0.3, 0.4) is 0 Å². The van der Waals surface area contributed by atoms with Crippen LogP contribution in [-0.4, -0.2) is 85.5 Å². The Labute approximate surface area is 142 Å². The lowest BCUT2D eigenvalue weighted by Gasteiger charge is -2.30. The predicted molar refractivity (Wildman–Crippen MR) is 86.1 cm³/mol. The second-order valence-electron chi connectivity index (χ2n) is 5.67. The third-order valence-electron chi connectivity index (χ3n) is 3.85. The van der Waals surface area contributed by atoms with Crippen molar-refractivity contribution < 1.29 is 33.8 Å². The van der Waals surface area contributed by atoms with E-state index in [0.29, 0.717) is 5.84 Å². The lowest BCUT2D eigenvalue weighted by atomic mass is 10.1. The number of thiol groups is 1. The molecule has 1 unspecified atom stereocenters. The quantitative estimate of drug-likeness (QED) is 0.287. The lowest BCUT2D eigenvalue weighted by molar-refractivity contribution is -0.0548. The van der Waals surface area contributed by atoms with Crippen LogP contribution in [0.5, 0.6) is 0 Å². The molecule has 0 aromatic heterocycles. The molecule has 0 aliphatic carbocycles. The number of hydrogen-bond acceptors (Lipinski definition) is 10. The fourth-order valence-corrected chi connectivity index (χ4v) is 3.43. The van der Waals surface area contributed by atoms with Crippen molar-refractivity contribution in [3.8, 4) is 0 Å². The molecule has 13 heteroatoms. The maximum absolute atomic E-state index is 10.8. The normalized spacial score (nSPS) is 39.0. The molecular formula is C11H17N4O7PS. The van der Waals surface area contributed by atoms with E-state index in [9.17, 15) is 14.8 Å². The van der Waals surface area contributed by atoms with Gasteiger partial charge in [0.1, 0.15) is 31.1 Å². The third kappa shape index (κ3) is 3.28. The van der Waals surface area contributed by atoms with Gasteiger partial charge in [0.05, 0.1) is 18.0 Å². The molecule has 0 aromatic rings. The van der Waals surface area contributed by atoms with Crippen molar-refractivity contribution in [2.24, 2.45) is 15.0 Å². The monoisotopic (exact) mass is 380 g/mol. The van der Waals surface area contributed by atoms with Crippen LogP contribution in [0.25, 0.3) is 0 Å². The minimum absolute atomic E-state index is 0.119. The van der Waals surface area contributed by atoms with Gasteiger partial charge in [-0.05, 0) is 6.92 Å². The average Bonchev–Trinajstić information content (AvgIpc) is 3.00. The molecule has 0 saturated carbocycles. The van der Waals surface area contributed by atoms with E-state index in [1.54, 1.807) is 4.90 Å². The molecule has 11 nitrogen and oxygen atoms in total. The maximum atomic E-state index is 10.8. The summed E-state index contributed by atoms with van der Waals surface area (Å²) in [5.74, 6) is 0.350. The van der Waals surface area contributed by atoms with E-state index >= 15 is 0 Å². The number of phosphoric acid groups is 1. The van der Waals surface area contributed by atoms with E-state index in [0.717, 1.165) is 0 Å². The van der Waals surface area contributed by atoms with Crippen molar-refractivity contribution >= 4 is 38.3 Å². The summed E-state index contributed by atoms with van der Waals surface area (Å²) in [5.41, 5.74) is -1.23. The highest BCUT2D eigenvalue weighted by atomic mass is 32.1. The van der Waals surface area contributed by atoms with Crippen molar-refractivity contribution in [1.29, 1.82) is 0 Å². The van der Waals surface area contributed by atoms with E-state index in [-0.39, 0.29) is 12.4 Å². The van der Waals surface area contributed by atoms with Crippen LogP contribution in [0.2, 0.25) is 0 Å². The third-order valence-corrected chi connectivity index (χ3v) is 4.90. The minimum atomic E-state index is -4.68. The number of rotatable bonds is 4. The Bertz CT molecular complexity index is 663. The molecule has 0 spiro atoms. The number of phosphoric ester groups is 1. The van der Waals surface area contributed by atoms with E-state index in [4.69, 9.17) is 14.5 Å². The summed E-state index contributed by atoms with van der Waals surface area (Å²) in [4.78, 5) is 31.2. The second-order valence-corrected chi connectivity index (χ2v) is 7.50. The molecule has 1 saturated heterocycles. The Hall–Kier alpha value is -0.850. The smallest absolute Gasteiger partial charge is 0.389 e. The summed E-state index contributed by atoms with van der Waals surface area (Å²) >= 11 is 4.31. The van der Waals surface area contributed by atoms with Gasteiger partial charge in [0, 0.05) is 0 Å². The molecule has 5 atom stereocenters. The van der Waals surface area contributed by atoms with Gasteiger partial charge in [-0.2, -0.15) is 12.6 Å². The highest BCUT2D eigenvalue weighted by Gasteiger charge is 2.49. The fraction of sp³-hybridized carbons (Fsp3) is 0.727. The van der Waals surface area contributed by atoms with Gasteiger partial charge in [-0.15, -0.1) is 0 Å². The van der Waals surface area contributed by atoms with Crippen LogP contribution in [-0.2, 0) is 13.8 Å². The molecule has 134 valence electrons. The zero-order valence-corrected chi connectivity index (χ0v) is 14.3. The number of amidine groups is 1. The molecular weight excluding hydrogens is 363 g/mol. The average molecular weight is 380 g/mol. The van der Waals surface area contributed by atoms with E-state index in [2.05, 4.69) is 32.1 Å². The molecule has 0 aromatic carbocycles. The first-order valence-corrected chi connectivity index (χ1v) is 9.02. The predicted octanol–water partition coefficient (Wildman–Crippen LogP) is -1.66. The number of ether oxygens (including phenoxy) is 1. The summed E-state index contributed by atoms with van der Waals surface area (Å²) in [6.45, 7) is 1.10. The van der Waals surface area contributed by atoms with Crippen LogP contribution >= 0.6 is 20.5 Å². The molecule has 3 aliphatic rings. The van der Waals surface area contributed by atoms with E-state index < -0.39 is 43.8 Å². The van der Waals surface area contributed by atoms with Gasteiger partial charge in [0.15, 0.2) is 5.84 Å². The molecule has 3 aliphatic heterocycles. The fourth-order valence-electron chi connectivity index (χ4n) is 2.67. The molecule has 3 rings (SSSR count). The SMILES string of the molecule is CC1(O)N=CN=C2C1=NCN2[C@@H]1O[C@H](COP(=O)(O)O)[C@@H](O)[C@H]1S. The Morgan fingerprint density at radius 3 is 2.96 bits per heavy atom. The highest BCUT2D eigenvalue weighted by Crippen LogP contribution is 2.38. The zero-order valence-electron chi connectivity index (χ0n) is 12.5. The van der Waals surface area contributed by atoms with Gasteiger partial charge in [-0.3, -0.25) is 9.52 Å². The number of aliphatic hydroxyl groups is 2.